The average Bonchev–Trinajstić information content (AvgIpc) is 3.51. The summed E-state index contributed by atoms with van der Waals surface area (Å²) in [5.41, 5.74) is 3.78. The summed E-state index contributed by atoms with van der Waals surface area (Å²) in [6.07, 6.45) is 1.60. The van der Waals surface area contributed by atoms with Crippen LogP contribution in [-0.4, -0.2) is 35.7 Å². The van der Waals surface area contributed by atoms with Gasteiger partial charge < -0.3 is 9.88 Å². The van der Waals surface area contributed by atoms with E-state index in [0.29, 0.717) is 0 Å². The molecule has 0 saturated carbocycles. The number of nitrogens with zero attached hydrogens (tertiary/aromatic N) is 5. The molecule has 3 heterocycles. The predicted molar refractivity (Wildman–Crippen MR) is 134 cm³/mol. The standard InChI is InChI=1S/C24H28N6OS2/c1-16-22(17(2)29(4)28-16)25-23(31)18(3)33-24-27-26-21(15-20-11-8-14-32-20)30(24)13-12-19-9-6-5-7-10-19/h5-11,14,18H,12-13,15H2,1-4H3,(H,25,31)/t18-/m1/s1. The first-order valence-electron chi connectivity index (χ1n) is 10.9. The Morgan fingerprint density at radius 3 is 2.61 bits per heavy atom. The van der Waals surface area contributed by atoms with Crippen molar-refractivity contribution < 1.29 is 4.79 Å². The maximum absolute atomic E-state index is 13.0. The summed E-state index contributed by atoms with van der Waals surface area (Å²) in [5.74, 6) is 0.846. The topological polar surface area (TPSA) is 77.6 Å². The highest BCUT2D eigenvalue weighted by Gasteiger charge is 2.22. The van der Waals surface area contributed by atoms with Gasteiger partial charge in [0.2, 0.25) is 5.91 Å². The smallest absolute Gasteiger partial charge is 0.237 e. The van der Waals surface area contributed by atoms with Crippen molar-refractivity contribution in [3.63, 3.8) is 0 Å². The van der Waals surface area contributed by atoms with Crippen molar-refractivity contribution in [3.8, 4) is 0 Å². The molecule has 1 atom stereocenters. The second-order valence-corrected chi connectivity index (χ2v) is 10.3. The van der Waals surface area contributed by atoms with Crippen molar-refractivity contribution >= 4 is 34.7 Å². The first kappa shape index (κ1) is 23.3. The Bertz CT molecular complexity index is 1210. The molecule has 0 saturated heterocycles. The Labute approximate surface area is 202 Å². The molecular formula is C24H28N6OS2. The number of amides is 1. The van der Waals surface area contributed by atoms with Crippen molar-refractivity contribution in [2.75, 3.05) is 5.32 Å². The normalized spacial score (nSPS) is 12.1. The monoisotopic (exact) mass is 480 g/mol. The van der Waals surface area contributed by atoms with E-state index in [-0.39, 0.29) is 11.2 Å². The number of hydrogen-bond donors (Lipinski definition) is 1. The summed E-state index contributed by atoms with van der Waals surface area (Å²) in [6, 6.07) is 14.6. The molecule has 9 heteroatoms. The van der Waals surface area contributed by atoms with Crippen molar-refractivity contribution in [1.29, 1.82) is 0 Å². The van der Waals surface area contributed by atoms with Crippen LogP contribution in [0.3, 0.4) is 0 Å². The molecule has 0 fully saturated rings. The second kappa shape index (κ2) is 10.4. The molecule has 1 amide bonds. The number of nitrogens with one attached hydrogen (secondary N) is 1. The largest absolute Gasteiger partial charge is 0.322 e. The first-order valence-corrected chi connectivity index (χ1v) is 12.6. The van der Waals surface area contributed by atoms with Gasteiger partial charge in [0.1, 0.15) is 5.82 Å². The zero-order chi connectivity index (χ0) is 23.4. The molecule has 4 aromatic rings. The minimum absolute atomic E-state index is 0.0726. The molecule has 0 unspecified atom stereocenters. The van der Waals surface area contributed by atoms with Crippen molar-refractivity contribution in [2.45, 2.75) is 50.6 Å². The van der Waals surface area contributed by atoms with Crippen LogP contribution in [0.4, 0.5) is 5.69 Å². The summed E-state index contributed by atoms with van der Waals surface area (Å²) in [6.45, 7) is 6.51. The number of rotatable bonds is 9. The van der Waals surface area contributed by atoms with Gasteiger partial charge in [0.25, 0.3) is 0 Å². The molecule has 1 N–H and O–H groups in total. The maximum atomic E-state index is 13.0. The van der Waals surface area contributed by atoms with Crippen molar-refractivity contribution in [1.82, 2.24) is 24.5 Å². The molecule has 0 bridgehead atoms. The minimum Gasteiger partial charge on any atom is -0.322 e. The van der Waals surface area contributed by atoms with E-state index in [1.165, 1.54) is 22.2 Å². The number of thioether (sulfide) groups is 1. The van der Waals surface area contributed by atoms with Crippen LogP contribution in [0.2, 0.25) is 0 Å². The zero-order valence-electron chi connectivity index (χ0n) is 19.3. The Morgan fingerprint density at radius 1 is 1.15 bits per heavy atom. The highest BCUT2D eigenvalue weighted by molar-refractivity contribution is 8.00. The Kier molecular flexibility index (Phi) is 7.29. The molecule has 7 nitrogen and oxygen atoms in total. The molecule has 0 aliphatic rings. The number of carbonyl (C=O) groups is 1. The summed E-state index contributed by atoms with van der Waals surface area (Å²) in [4.78, 5) is 14.2. The van der Waals surface area contributed by atoms with Gasteiger partial charge in [-0.05, 0) is 44.2 Å². The van der Waals surface area contributed by atoms with Gasteiger partial charge in [0, 0.05) is 24.9 Å². The van der Waals surface area contributed by atoms with E-state index >= 15 is 0 Å². The number of aromatic nitrogens is 5. The molecule has 3 aromatic heterocycles. The van der Waals surface area contributed by atoms with Crippen LogP contribution >= 0.6 is 23.1 Å². The number of benzene rings is 1. The zero-order valence-corrected chi connectivity index (χ0v) is 20.9. The third-order valence-electron chi connectivity index (χ3n) is 5.58. The number of anilines is 1. The lowest BCUT2D eigenvalue weighted by atomic mass is 10.1. The fourth-order valence-corrected chi connectivity index (χ4v) is 5.20. The lowest BCUT2D eigenvalue weighted by Crippen LogP contribution is -2.23. The van der Waals surface area contributed by atoms with Gasteiger partial charge in [-0.1, -0.05) is 48.2 Å². The number of aryl methyl sites for hydroxylation is 3. The first-order chi connectivity index (χ1) is 15.9. The summed E-state index contributed by atoms with van der Waals surface area (Å²) in [5, 5.41) is 18.9. The van der Waals surface area contributed by atoms with Gasteiger partial charge in [-0.2, -0.15) is 5.10 Å². The SMILES string of the molecule is Cc1nn(C)c(C)c1NC(=O)[C@@H](C)Sc1nnc(Cc2cccs2)n1CCc1ccccc1. The molecule has 33 heavy (non-hydrogen) atoms. The fraction of sp³-hybridized carbons (Fsp3) is 0.333. The molecular weight excluding hydrogens is 452 g/mol. The Balaban J connectivity index is 1.51. The molecule has 1 aromatic carbocycles. The summed E-state index contributed by atoms with van der Waals surface area (Å²) in [7, 11) is 1.88. The average molecular weight is 481 g/mol. The van der Waals surface area contributed by atoms with Crippen LogP contribution in [0.15, 0.2) is 53.0 Å². The number of carbonyl (C=O) groups excluding carboxylic acids is 1. The van der Waals surface area contributed by atoms with Crippen LogP contribution in [-0.2, 0) is 31.2 Å². The molecule has 4 rings (SSSR count). The number of hydrogen-bond acceptors (Lipinski definition) is 6. The second-order valence-electron chi connectivity index (χ2n) is 7.96. The third-order valence-corrected chi connectivity index (χ3v) is 7.54. The molecule has 172 valence electrons. The van der Waals surface area contributed by atoms with Gasteiger partial charge >= 0.3 is 0 Å². The van der Waals surface area contributed by atoms with Gasteiger partial charge in [0.05, 0.1) is 22.3 Å². The third kappa shape index (κ3) is 5.54. The minimum atomic E-state index is -0.335. The van der Waals surface area contributed by atoms with E-state index in [9.17, 15) is 4.79 Å². The van der Waals surface area contributed by atoms with Crippen LogP contribution in [0.25, 0.3) is 0 Å². The summed E-state index contributed by atoms with van der Waals surface area (Å²) >= 11 is 3.15. The van der Waals surface area contributed by atoms with E-state index in [2.05, 4.69) is 67.0 Å². The van der Waals surface area contributed by atoms with E-state index in [1.807, 2.05) is 33.9 Å². The molecule has 0 spiro atoms. The van der Waals surface area contributed by atoms with Crippen LogP contribution in [0.1, 0.15) is 34.6 Å². The molecule has 0 aliphatic carbocycles. The van der Waals surface area contributed by atoms with Crippen molar-refractivity contribution in [2.24, 2.45) is 7.05 Å². The number of thiophene rings is 1. The highest BCUT2D eigenvalue weighted by Crippen LogP contribution is 2.26. The van der Waals surface area contributed by atoms with Gasteiger partial charge in [-0.15, -0.1) is 21.5 Å². The van der Waals surface area contributed by atoms with Crippen molar-refractivity contribution in [3.05, 3.63) is 75.5 Å². The quantitative estimate of drug-likeness (QED) is 0.353. The predicted octanol–water partition coefficient (Wildman–Crippen LogP) is 4.64. The van der Waals surface area contributed by atoms with Crippen LogP contribution < -0.4 is 5.32 Å². The lowest BCUT2D eigenvalue weighted by molar-refractivity contribution is -0.115. The van der Waals surface area contributed by atoms with E-state index in [0.717, 1.165) is 47.4 Å². The van der Waals surface area contributed by atoms with Crippen LogP contribution in [0, 0.1) is 13.8 Å². The summed E-state index contributed by atoms with van der Waals surface area (Å²) < 4.78 is 3.93. The van der Waals surface area contributed by atoms with Gasteiger partial charge in [-0.3, -0.25) is 9.48 Å². The maximum Gasteiger partial charge on any atom is 0.237 e. The van der Waals surface area contributed by atoms with E-state index < -0.39 is 0 Å². The fourth-order valence-electron chi connectivity index (χ4n) is 3.61. The van der Waals surface area contributed by atoms with Crippen LogP contribution in [0.5, 0.6) is 0 Å². The highest BCUT2D eigenvalue weighted by atomic mass is 32.2. The Morgan fingerprint density at radius 2 is 1.94 bits per heavy atom. The van der Waals surface area contributed by atoms with E-state index in [1.54, 1.807) is 16.0 Å². The lowest BCUT2D eigenvalue weighted by Gasteiger charge is -2.14. The molecule has 0 radical (unpaired) electrons. The van der Waals surface area contributed by atoms with Gasteiger partial charge in [-0.25, -0.2) is 0 Å². The molecule has 0 aliphatic heterocycles. The van der Waals surface area contributed by atoms with E-state index in [4.69, 9.17) is 0 Å². The van der Waals surface area contributed by atoms with Gasteiger partial charge in [0.15, 0.2) is 5.16 Å². The Hall–Kier alpha value is -2.91.